The van der Waals surface area contributed by atoms with E-state index in [-0.39, 0.29) is 0 Å². The highest BCUT2D eigenvalue weighted by Crippen LogP contribution is 2.25. The van der Waals surface area contributed by atoms with Crippen LogP contribution in [0.4, 0.5) is 0 Å². The van der Waals surface area contributed by atoms with Crippen molar-refractivity contribution in [3.8, 4) is 0 Å². The summed E-state index contributed by atoms with van der Waals surface area (Å²) in [5.41, 5.74) is 1.69. The van der Waals surface area contributed by atoms with Gasteiger partial charge < -0.3 is 4.98 Å². The number of halogens is 2. The minimum absolute atomic E-state index is 0.600. The van der Waals surface area contributed by atoms with E-state index in [1.54, 1.807) is 17.5 Å². The van der Waals surface area contributed by atoms with Gasteiger partial charge in [-0.3, -0.25) is 4.57 Å². The first-order valence-corrected chi connectivity index (χ1v) is 7.57. The van der Waals surface area contributed by atoms with Crippen LogP contribution in [0.3, 0.4) is 0 Å². The molecule has 18 heavy (non-hydrogen) atoms. The molecule has 0 amide bonds. The number of hydrogen-bond acceptors (Lipinski definition) is 3. The largest absolute Gasteiger partial charge is 0.329 e. The lowest BCUT2D eigenvalue weighted by atomic mass is 10.4. The third kappa shape index (κ3) is 2.14. The van der Waals surface area contributed by atoms with E-state index in [0.717, 1.165) is 15.6 Å². The van der Waals surface area contributed by atoms with Crippen molar-refractivity contribution in [2.75, 3.05) is 0 Å². The van der Waals surface area contributed by atoms with Crippen molar-refractivity contribution in [1.82, 2.24) is 14.5 Å². The third-order valence-corrected chi connectivity index (χ3v) is 5.01. The second-order valence-electron chi connectivity index (χ2n) is 3.73. The van der Waals surface area contributed by atoms with Gasteiger partial charge in [-0.2, -0.15) is 0 Å². The van der Waals surface area contributed by atoms with Crippen LogP contribution in [0.15, 0.2) is 28.2 Å². The third-order valence-electron chi connectivity index (χ3n) is 2.57. The van der Waals surface area contributed by atoms with Gasteiger partial charge in [-0.15, -0.1) is 11.3 Å². The number of rotatable bonds is 2. The van der Waals surface area contributed by atoms with Crippen LogP contribution in [0.2, 0.25) is 5.02 Å². The average molecular weight is 361 g/mol. The molecule has 7 heteroatoms. The predicted molar refractivity (Wildman–Crippen MR) is 81.0 cm³/mol. The molecule has 0 unspecified atom stereocenters. The van der Waals surface area contributed by atoms with Crippen LogP contribution in [0.1, 0.15) is 4.88 Å². The van der Waals surface area contributed by atoms with Crippen molar-refractivity contribution in [3.63, 3.8) is 0 Å². The Morgan fingerprint density at radius 1 is 1.56 bits per heavy atom. The number of aromatic amines is 1. The second kappa shape index (κ2) is 4.77. The van der Waals surface area contributed by atoms with Gasteiger partial charge in [0.25, 0.3) is 0 Å². The summed E-state index contributed by atoms with van der Waals surface area (Å²) in [5.74, 6) is 0. The molecule has 0 saturated heterocycles. The lowest BCUT2D eigenvalue weighted by molar-refractivity contribution is 0.810. The van der Waals surface area contributed by atoms with Crippen molar-refractivity contribution in [2.45, 2.75) is 6.54 Å². The van der Waals surface area contributed by atoms with Crippen LogP contribution in [-0.4, -0.2) is 14.5 Å². The molecule has 3 rings (SSSR count). The Balaban J connectivity index is 2.15. The maximum atomic E-state index is 5.92. The minimum Gasteiger partial charge on any atom is -0.329 e. The first-order valence-electron chi connectivity index (χ1n) is 5.11. The molecule has 3 aromatic rings. The van der Waals surface area contributed by atoms with Crippen molar-refractivity contribution in [2.24, 2.45) is 0 Å². The molecule has 0 atom stereocenters. The van der Waals surface area contributed by atoms with Gasteiger partial charge in [0.05, 0.1) is 17.1 Å². The summed E-state index contributed by atoms with van der Waals surface area (Å²) >= 11 is 16.5. The van der Waals surface area contributed by atoms with E-state index in [0.29, 0.717) is 16.3 Å². The molecule has 0 aromatic carbocycles. The van der Waals surface area contributed by atoms with E-state index in [2.05, 4.69) is 25.9 Å². The van der Waals surface area contributed by atoms with Crippen molar-refractivity contribution in [1.29, 1.82) is 0 Å². The maximum absolute atomic E-state index is 5.92. The van der Waals surface area contributed by atoms with E-state index in [1.807, 2.05) is 22.1 Å². The Labute approximate surface area is 126 Å². The molecule has 0 radical (unpaired) electrons. The molecular formula is C11H7BrClN3S2. The summed E-state index contributed by atoms with van der Waals surface area (Å²) in [6, 6.07) is 3.86. The number of fused-ring (bicyclic) bond motifs is 1. The number of nitrogens with zero attached hydrogens (tertiary/aromatic N) is 2. The highest BCUT2D eigenvalue weighted by atomic mass is 79.9. The zero-order valence-corrected chi connectivity index (χ0v) is 13.0. The first-order chi connectivity index (χ1) is 8.65. The molecule has 0 bridgehead atoms. The van der Waals surface area contributed by atoms with E-state index >= 15 is 0 Å². The molecular weight excluding hydrogens is 354 g/mol. The molecule has 3 heterocycles. The van der Waals surface area contributed by atoms with Gasteiger partial charge in [-0.1, -0.05) is 11.6 Å². The monoisotopic (exact) mass is 359 g/mol. The number of aromatic nitrogens is 3. The molecule has 1 N–H and O–H groups in total. The predicted octanol–water partition coefficient (Wildman–Crippen LogP) is 4.62. The molecule has 0 saturated carbocycles. The average Bonchev–Trinajstić information content (AvgIpc) is 2.85. The van der Waals surface area contributed by atoms with Gasteiger partial charge in [0.2, 0.25) is 0 Å². The van der Waals surface area contributed by atoms with Gasteiger partial charge in [0.15, 0.2) is 10.4 Å². The fourth-order valence-corrected chi connectivity index (χ4v) is 3.63. The summed E-state index contributed by atoms with van der Waals surface area (Å²) in [7, 11) is 0. The van der Waals surface area contributed by atoms with Crippen molar-refractivity contribution >= 4 is 62.2 Å². The lowest BCUT2D eigenvalue weighted by Gasteiger charge is -2.02. The quantitative estimate of drug-likeness (QED) is 0.677. The van der Waals surface area contributed by atoms with Gasteiger partial charge in [0.1, 0.15) is 0 Å². The minimum atomic E-state index is 0.600. The Morgan fingerprint density at radius 3 is 3.11 bits per heavy atom. The summed E-state index contributed by atoms with van der Waals surface area (Å²) in [5, 5.41) is 2.64. The van der Waals surface area contributed by atoms with E-state index < -0.39 is 0 Å². The topological polar surface area (TPSA) is 33.6 Å². The Morgan fingerprint density at radius 2 is 2.39 bits per heavy atom. The van der Waals surface area contributed by atoms with Crippen LogP contribution in [-0.2, 0) is 6.54 Å². The number of H-pyrrole nitrogens is 1. The summed E-state index contributed by atoms with van der Waals surface area (Å²) in [6.45, 7) is 0.700. The summed E-state index contributed by atoms with van der Waals surface area (Å²) in [4.78, 5) is 8.67. The number of pyridine rings is 1. The maximum Gasteiger partial charge on any atom is 0.179 e. The van der Waals surface area contributed by atoms with Gasteiger partial charge in [-0.25, -0.2) is 4.98 Å². The SMILES string of the molecule is S=c1[nH]c2cc(Cl)cnc2n1Cc1sccc1Br. The number of hydrogen-bond donors (Lipinski definition) is 1. The molecule has 0 aliphatic carbocycles. The zero-order chi connectivity index (χ0) is 12.7. The standard InChI is InChI=1S/C11H7BrClN3S2/c12-7-1-2-18-9(7)5-16-10-8(15-11(16)17)3-6(13)4-14-10/h1-4H,5H2,(H,15,17). The number of imidazole rings is 1. The Kier molecular flexibility index (Phi) is 3.27. The smallest absolute Gasteiger partial charge is 0.179 e. The highest BCUT2D eigenvalue weighted by molar-refractivity contribution is 9.10. The van der Waals surface area contributed by atoms with Gasteiger partial charge in [-0.05, 0) is 45.7 Å². The van der Waals surface area contributed by atoms with Gasteiger partial charge >= 0.3 is 0 Å². The normalized spacial score (nSPS) is 11.2. The first kappa shape index (κ1) is 12.3. The molecule has 3 aromatic heterocycles. The molecule has 92 valence electrons. The summed E-state index contributed by atoms with van der Waals surface area (Å²) in [6.07, 6.45) is 1.63. The van der Waals surface area contributed by atoms with Crippen LogP contribution < -0.4 is 0 Å². The fraction of sp³-hybridized carbons (Fsp3) is 0.0909. The van der Waals surface area contributed by atoms with Crippen molar-refractivity contribution < 1.29 is 0 Å². The van der Waals surface area contributed by atoms with Crippen LogP contribution in [0.5, 0.6) is 0 Å². The van der Waals surface area contributed by atoms with Crippen LogP contribution in [0, 0.1) is 4.77 Å². The van der Waals surface area contributed by atoms with Crippen LogP contribution in [0.25, 0.3) is 11.2 Å². The summed E-state index contributed by atoms with van der Waals surface area (Å²) < 4.78 is 3.72. The molecule has 0 aliphatic rings. The molecule has 0 fully saturated rings. The zero-order valence-electron chi connectivity index (χ0n) is 8.98. The molecule has 3 nitrogen and oxygen atoms in total. The highest BCUT2D eigenvalue weighted by Gasteiger charge is 2.09. The number of nitrogens with one attached hydrogen (secondary N) is 1. The van der Waals surface area contributed by atoms with Crippen molar-refractivity contribution in [3.05, 3.63) is 42.9 Å². The van der Waals surface area contributed by atoms with Gasteiger partial charge in [0, 0.05) is 15.5 Å². The second-order valence-corrected chi connectivity index (χ2v) is 6.41. The number of thiophene rings is 1. The molecule has 0 spiro atoms. The molecule has 0 aliphatic heterocycles. The van der Waals surface area contributed by atoms with Crippen LogP contribution >= 0.6 is 51.1 Å². The van der Waals surface area contributed by atoms with E-state index in [9.17, 15) is 0 Å². The van der Waals surface area contributed by atoms with E-state index in [4.69, 9.17) is 23.8 Å². The Bertz CT molecular complexity index is 774. The fourth-order valence-electron chi connectivity index (χ4n) is 1.75. The lowest BCUT2D eigenvalue weighted by Crippen LogP contribution is -1.99. The van der Waals surface area contributed by atoms with E-state index in [1.165, 1.54) is 4.88 Å². The Hall–Kier alpha value is -0.690.